The molecule has 0 saturated carbocycles. The van der Waals surface area contributed by atoms with Gasteiger partial charge >= 0.3 is 17.9 Å². The van der Waals surface area contributed by atoms with Crippen molar-refractivity contribution in [1.82, 2.24) is 0 Å². The summed E-state index contributed by atoms with van der Waals surface area (Å²) in [6, 6.07) is 0. The highest BCUT2D eigenvalue weighted by Gasteiger charge is 2.29. The molecule has 0 heterocycles. The smallest absolute Gasteiger partial charge is 0.356 e. The average molecular weight is 330 g/mol. The van der Waals surface area contributed by atoms with E-state index in [1.807, 2.05) is 0 Å². The Kier molecular flexibility index (Phi) is 13.1. The molecule has 0 fully saturated rings. The van der Waals surface area contributed by atoms with Crippen molar-refractivity contribution in [3.8, 4) is 0 Å². The summed E-state index contributed by atoms with van der Waals surface area (Å²) in [4.78, 5) is 32.5. The Hall–Kier alpha value is -1.59. The van der Waals surface area contributed by atoms with E-state index < -0.39 is 24.0 Å². The summed E-state index contributed by atoms with van der Waals surface area (Å²) in [5.41, 5.74) is 0. The maximum atomic E-state index is 11.4. The van der Waals surface area contributed by atoms with Gasteiger partial charge in [-0.05, 0) is 6.42 Å². The summed E-state index contributed by atoms with van der Waals surface area (Å²) in [7, 11) is 0. The number of rotatable bonds is 15. The molecule has 0 unspecified atom stereocenters. The van der Waals surface area contributed by atoms with Gasteiger partial charge in [0, 0.05) is 6.42 Å². The molecule has 0 spiro atoms. The van der Waals surface area contributed by atoms with Gasteiger partial charge in [-0.1, -0.05) is 71.1 Å². The molecule has 0 rings (SSSR count). The van der Waals surface area contributed by atoms with Crippen LogP contribution in [0.15, 0.2) is 0 Å². The number of aliphatic carboxylic acids is 2. The van der Waals surface area contributed by atoms with Crippen molar-refractivity contribution in [3.63, 3.8) is 0 Å². The zero-order valence-electron chi connectivity index (χ0n) is 14.1. The van der Waals surface area contributed by atoms with Gasteiger partial charge in [0.05, 0.1) is 0 Å². The van der Waals surface area contributed by atoms with Crippen LogP contribution in [0.3, 0.4) is 0 Å². The van der Waals surface area contributed by atoms with Gasteiger partial charge in [0.1, 0.15) is 0 Å². The second kappa shape index (κ2) is 14.0. The number of carbonyl (C=O) groups is 3. The van der Waals surface area contributed by atoms with E-state index >= 15 is 0 Å². The molecule has 0 aromatic carbocycles. The van der Waals surface area contributed by atoms with E-state index in [-0.39, 0.29) is 6.42 Å². The van der Waals surface area contributed by atoms with Crippen LogP contribution in [0, 0.1) is 0 Å². The number of ether oxygens (including phenoxy) is 1. The number of carboxylic acids is 2. The topological polar surface area (TPSA) is 101 Å². The maximum Gasteiger partial charge on any atom is 0.356 e. The second-order valence-corrected chi connectivity index (χ2v) is 5.83. The number of unbranched alkanes of at least 4 members (excludes halogenated alkanes) is 10. The molecule has 0 aromatic heterocycles. The zero-order chi connectivity index (χ0) is 17.5. The van der Waals surface area contributed by atoms with Gasteiger partial charge in [0.25, 0.3) is 6.10 Å². The lowest BCUT2D eigenvalue weighted by Gasteiger charge is -2.09. The SMILES string of the molecule is CCCCCCCCCCCCCC(=O)OC(C(=O)O)C(=O)O. The first-order valence-corrected chi connectivity index (χ1v) is 8.64. The van der Waals surface area contributed by atoms with Crippen LogP contribution in [-0.4, -0.2) is 34.2 Å². The summed E-state index contributed by atoms with van der Waals surface area (Å²) in [6.45, 7) is 2.21. The Bertz CT molecular complexity index is 339. The molecule has 0 aliphatic rings. The Labute approximate surface area is 138 Å². The highest BCUT2D eigenvalue weighted by Crippen LogP contribution is 2.12. The van der Waals surface area contributed by atoms with Gasteiger partial charge in [-0.3, -0.25) is 4.79 Å². The zero-order valence-corrected chi connectivity index (χ0v) is 14.1. The molecule has 0 atom stereocenters. The Morgan fingerprint density at radius 3 is 1.52 bits per heavy atom. The lowest BCUT2D eigenvalue weighted by atomic mass is 10.1. The first kappa shape index (κ1) is 21.4. The van der Waals surface area contributed by atoms with Crippen LogP contribution in [0.1, 0.15) is 84.0 Å². The van der Waals surface area contributed by atoms with E-state index in [0.717, 1.165) is 19.3 Å². The average Bonchev–Trinajstić information content (AvgIpc) is 2.49. The van der Waals surface area contributed by atoms with Gasteiger partial charge in [0.2, 0.25) is 0 Å². The first-order chi connectivity index (χ1) is 11.0. The highest BCUT2D eigenvalue weighted by atomic mass is 16.6. The quantitative estimate of drug-likeness (QED) is 0.269. The molecule has 0 aromatic rings. The van der Waals surface area contributed by atoms with Crippen molar-refractivity contribution in [1.29, 1.82) is 0 Å². The van der Waals surface area contributed by atoms with Crippen LogP contribution in [0.25, 0.3) is 0 Å². The van der Waals surface area contributed by atoms with Gasteiger partial charge in [-0.2, -0.15) is 0 Å². The molecule has 6 nitrogen and oxygen atoms in total. The summed E-state index contributed by atoms with van der Waals surface area (Å²) in [5.74, 6) is -4.09. The predicted octanol–water partition coefficient (Wildman–Crippen LogP) is 3.77. The first-order valence-electron chi connectivity index (χ1n) is 8.64. The fourth-order valence-corrected chi connectivity index (χ4v) is 2.33. The highest BCUT2D eigenvalue weighted by molar-refractivity contribution is 5.97. The third-order valence-corrected chi connectivity index (χ3v) is 3.68. The van der Waals surface area contributed by atoms with Crippen LogP contribution in [-0.2, 0) is 19.1 Å². The predicted molar refractivity (Wildman–Crippen MR) is 86.2 cm³/mol. The van der Waals surface area contributed by atoms with Crippen molar-refractivity contribution in [2.45, 2.75) is 90.1 Å². The Morgan fingerprint density at radius 2 is 1.13 bits per heavy atom. The minimum atomic E-state index is -2.10. The van der Waals surface area contributed by atoms with Gasteiger partial charge in [0.15, 0.2) is 0 Å². The van der Waals surface area contributed by atoms with Crippen molar-refractivity contribution in [3.05, 3.63) is 0 Å². The molecule has 134 valence electrons. The summed E-state index contributed by atoms with van der Waals surface area (Å²) < 4.78 is 4.43. The van der Waals surface area contributed by atoms with E-state index in [4.69, 9.17) is 10.2 Å². The van der Waals surface area contributed by atoms with Crippen molar-refractivity contribution < 1.29 is 29.3 Å². The molecule has 6 heteroatoms. The summed E-state index contributed by atoms with van der Waals surface area (Å²) >= 11 is 0. The van der Waals surface area contributed by atoms with E-state index in [0.29, 0.717) is 6.42 Å². The van der Waals surface area contributed by atoms with E-state index in [9.17, 15) is 14.4 Å². The van der Waals surface area contributed by atoms with Crippen LogP contribution >= 0.6 is 0 Å². The maximum absolute atomic E-state index is 11.4. The number of carboxylic acid groups (broad SMARTS) is 2. The lowest BCUT2D eigenvalue weighted by molar-refractivity contribution is -0.174. The molecule has 0 amide bonds. The molecule has 0 aliphatic carbocycles. The molecular formula is C17H30O6. The number of hydrogen-bond acceptors (Lipinski definition) is 4. The van der Waals surface area contributed by atoms with Gasteiger partial charge in [-0.15, -0.1) is 0 Å². The number of carbonyl (C=O) groups excluding carboxylic acids is 1. The minimum Gasteiger partial charge on any atom is -0.478 e. The van der Waals surface area contributed by atoms with Crippen molar-refractivity contribution in [2.75, 3.05) is 0 Å². The normalized spacial score (nSPS) is 10.7. The minimum absolute atomic E-state index is 0.0636. The van der Waals surface area contributed by atoms with Crippen LogP contribution in [0.5, 0.6) is 0 Å². The molecule has 0 bridgehead atoms. The molecular weight excluding hydrogens is 300 g/mol. The summed E-state index contributed by atoms with van der Waals surface area (Å²) in [6.07, 6.45) is 10.6. The van der Waals surface area contributed by atoms with Crippen molar-refractivity contribution in [2.24, 2.45) is 0 Å². The van der Waals surface area contributed by atoms with Crippen LogP contribution < -0.4 is 0 Å². The van der Waals surface area contributed by atoms with Crippen LogP contribution in [0.2, 0.25) is 0 Å². The van der Waals surface area contributed by atoms with Gasteiger partial charge < -0.3 is 14.9 Å². The van der Waals surface area contributed by atoms with E-state index in [1.165, 1.54) is 44.9 Å². The largest absolute Gasteiger partial charge is 0.478 e. The molecule has 0 saturated heterocycles. The third-order valence-electron chi connectivity index (χ3n) is 3.68. The Morgan fingerprint density at radius 1 is 0.739 bits per heavy atom. The molecule has 0 radical (unpaired) electrons. The lowest BCUT2D eigenvalue weighted by Crippen LogP contribution is -2.34. The monoisotopic (exact) mass is 330 g/mol. The fraction of sp³-hybridized carbons (Fsp3) is 0.824. The van der Waals surface area contributed by atoms with Crippen LogP contribution in [0.4, 0.5) is 0 Å². The van der Waals surface area contributed by atoms with Crippen molar-refractivity contribution >= 4 is 17.9 Å². The Balaban J connectivity index is 3.49. The standard InChI is InChI=1S/C17H30O6/c1-2-3-4-5-6-7-8-9-10-11-12-13-14(18)23-15(16(19)20)17(21)22/h15H,2-13H2,1H3,(H,19,20)(H,21,22). The number of esters is 1. The molecule has 23 heavy (non-hydrogen) atoms. The number of hydrogen-bond donors (Lipinski definition) is 2. The summed E-state index contributed by atoms with van der Waals surface area (Å²) in [5, 5.41) is 17.2. The third kappa shape index (κ3) is 12.6. The second-order valence-electron chi connectivity index (χ2n) is 5.83. The van der Waals surface area contributed by atoms with E-state index in [1.54, 1.807) is 0 Å². The fourth-order valence-electron chi connectivity index (χ4n) is 2.33. The molecule has 2 N–H and O–H groups in total. The molecule has 0 aliphatic heterocycles. The van der Waals surface area contributed by atoms with Gasteiger partial charge in [-0.25, -0.2) is 9.59 Å². The van der Waals surface area contributed by atoms with E-state index in [2.05, 4.69) is 11.7 Å².